The summed E-state index contributed by atoms with van der Waals surface area (Å²) >= 11 is 6.39. The topological polar surface area (TPSA) is 106 Å². The first kappa shape index (κ1) is 22.2. The van der Waals surface area contributed by atoms with Gasteiger partial charge in [0.05, 0.1) is 22.7 Å². The number of nitrogens with zero attached hydrogens (tertiary/aromatic N) is 3. The first-order valence-corrected chi connectivity index (χ1v) is 9.78. The number of aliphatic hydroxyl groups is 1. The number of hydrogen-bond donors (Lipinski definition) is 3. The lowest BCUT2D eigenvalue weighted by Crippen LogP contribution is -2.59. The van der Waals surface area contributed by atoms with Gasteiger partial charge in [0, 0.05) is 32.4 Å². The Bertz CT molecular complexity index is 722. The molecule has 1 aliphatic rings. The zero-order valence-corrected chi connectivity index (χ0v) is 17.5. The second kappa shape index (κ2) is 8.96. The van der Waals surface area contributed by atoms with E-state index in [-0.39, 0.29) is 23.9 Å². The highest BCUT2D eigenvalue weighted by Crippen LogP contribution is 2.32. The molecule has 2 atom stereocenters. The third-order valence-corrected chi connectivity index (χ3v) is 5.26. The van der Waals surface area contributed by atoms with Crippen LogP contribution in [0.3, 0.4) is 0 Å². The van der Waals surface area contributed by atoms with Crippen LogP contribution in [0.5, 0.6) is 0 Å². The molecule has 2 unspecified atom stereocenters. The average molecular weight is 413 g/mol. The summed E-state index contributed by atoms with van der Waals surface area (Å²) in [7, 11) is 0. The van der Waals surface area contributed by atoms with Crippen LogP contribution in [0.2, 0.25) is 5.02 Å². The Balaban J connectivity index is 2.15. The molecule has 0 bridgehead atoms. The number of carbonyl (C=O) groups is 2. The van der Waals surface area contributed by atoms with E-state index in [2.05, 4.69) is 10.3 Å². The van der Waals surface area contributed by atoms with Crippen LogP contribution in [0.4, 0.5) is 10.6 Å². The highest BCUT2D eigenvalue weighted by Gasteiger charge is 2.38. The maximum atomic E-state index is 12.2. The number of rotatable bonds is 5. The minimum Gasteiger partial charge on any atom is -0.465 e. The van der Waals surface area contributed by atoms with Gasteiger partial charge in [-0.15, -0.1) is 0 Å². The molecule has 2 heterocycles. The lowest BCUT2D eigenvalue weighted by atomic mass is 9.84. The predicted octanol–water partition coefficient (Wildman–Crippen LogP) is 2.45. The molecule has 1 aliphatic heterocycles. The van der Waals surface area contributed by atoms with Gasteiger partial charge >= 0.3 is 6.09 Å². The molecular weight excluding hydrogens is 384 g/mol. The van der Waals surface area contributed by atoms with E-state index in [1.165, 1.54) is 11.1 Å². The van der Waals surface area contributed by atoms with Gasteiger partial charge in [0.15, 0.2) is 0 Å². The Morgan fingerprint density at radius 3 is 2.61 bits per heavy atom. The van der Waals surface area contributed by atoms with Gasteiger partial charge in [-0.05, 0) is 17.9 Å². The van der Waals surface area contributed by atoms with Gasteiger partial charge in [0.1, 0.15) is 5.82 Å². The van der Waals surface area contributed by atoms with Crippen LogP contribution in [0.25, 0.3) is 0 Å². The van der Waals surface area contributed by atoms with Crippen molar-refractivity contribution in [2.24, 2.45) is 5.41 Å². The second-order valence-corrected chi connectivity index (χ2v) is 8.51. The number of piperazine rings is 1. The van der Waals surface area contributed by atoms with E-state index < -0.39 is 12.2 Å². The average Bonchev–Trinajstić information content (AvgIpc) is 2.64. The first-order valence-electron chi connectivity index (χ1n) is 9.41. The Hall–Kier alpha value is -2.06. The minimum absolute atomic E-state index is 0.166. The Morgan fingerprint density at radius 2 is 2.07 bits per heavy atom. The molecule has 2 amide bonds. The quantitative estimate of drug-likeness (QED) is 0.685. The summed E-state index contributed by atoms with van der Waals surface area (Å²) in [6.07, 6.45) is 0.478. The summed E-state index contributed by atoms with van der Waals surface area (Å²) in [6.45, 7) is 9.31. The van der Waals surface area contributed by atoms with Gasteiger partial charge in [-0.3, -0.25) is 4.79 Å². The number of aliphatic hydroxyl groups excluding tert-OH is 1. The van der Waals surface area contributed by atoms with E-state index in [4.69, 9.17) is 11.6 Å². The largest absolute Gasteiger partial charge is 0.465 e. The van der Waals surface area contributed by atoms with Gasteiger partial charge in [-0.25, -0.2) is 9.78 Å². The van der Waals surface area contributed by atoms with Crippen molar-refractivity contribution < 1.29 is 19.8 Å². The van der Waals surface area contributed by atoms with Crippen molar-refractivity contribution >= 4 is 29.4 Å². The van der Waals surface area contributed by atoms with Crippen LogP contribution in [0, 0.1) is 5.41 Å². The summed E-state index contributed by atoms with van der Waals surface area (Å²) < 4.78 is 0. The molecule has 2 rings (SSSR count). The molecule has 1 fully saturated rings. The van der Waals surface area contributed by atoms with Gasteiger partial charge in [-0.2, -0.15) is 0 Å². The SMILES string of the molecule is CCC(O)CNC(=O)c1cnc(N2CCN(C(=O)O)C(C(C)(C)C)C2)c(Cl)c1. The maximum Gasteiger partial charge on any atom is 0.407 e. The molecule has 0 radical (unpaired) electrons. The molecule has 0 saturated carbocycles. The molecule has 156 valence electrons. The molecule has 8 nitrogen and oxygen atoms in total. The van der Waals surface area contributed by atoms with Crippen molar-refractivity contribution in [2.45, 2.75) is 46.3 Å². The van der Waals surface area contributed by atoms with E-state index in [0.29, 0.717) is 42.5 Å². The molecule has 1 saturated heterocycles. The van der Waals surface area contributed by atoms with Crippen LogP contribution in [0.1, 0.15) is 44.5 Å². The van der Waals surface area contributed by atoms with Crippen molar-refractivity contribution in [3.63, 3.8) is 0 Å². The van der Waals surface area contributed by atoms with E-state index in [0.717, 1.165) is 0 Å². The van der Waals surface area contributed by atoms with Crippen LogP contribution >= 0.6 is 11.6 Å². The third-order valence-electron chi connectivity index (χ3n) is 4.98. The lowest BCUT2D eigenvalue weighted by Gasteiger charge is -2.46. The van der Waals surface area contributed by atoms with Gasteiger partial charge in [-0.1, -0.05) is 39.3 Å². The highest BCUT2D eigenvalue weighted by molar-refractivity contribution is 6.33. The standard InChI is InChI=1S/C19H29ClN4O4/c1-5-13(25)10-22-17(26)12-8-14(20)16(21-9-12)23-6-7-24(18(27)28)15(11-23)19(2,3)4/h8-9,13,15,25H,5-7,10-11H2,1-4H3,(H,22,26)(H,27,28). The summed E-state index contributed by atoms with van der Waals surface area (Å²) in [5, 5.41) is 22.0. The molecule has 0 spiro atoms. The smallest absolute Gasteiger partial charge is 0.407 e. The fourth-order valence-corrected chi connectivity index (χ4v) is 3.48. The number of pyridine rings is 1. The van der Waals surface area contributed by atoms with Crippen molar-refractivity contribution in [3.05, 3.63) is 22.8 Å². The fourth-order valence-electron chi connectivity index (χ4n) is 3.19. The van der Waals surface area contributed by atoms with Crippen LogP contribution in [-0.2, 0) is 0 Å². The second-order valence-electron chi connectivity index (χ2n) is 8.11. The number of amides is 2. The molecule has 1 aromatic rings. The van der Waals surface area contributed by atoms with Crippen LogP contribution in [-0.4, -0.2) is 70.4 Å². The highest BCUT2D eigenvalue weighted by atomic mass is 35.5. The van der Waals surface area contributed by atoms with Crippen molar-refractivity contribution in [3.8, 4) is 0 Å². The summed E-state index contributed by atoms with van der Waals surface area (Å²) in [5.74, 6) is 0.183. The third kappa shape index (κ3) is 5.26. The molecule has 0 aliphatic carbocycles. The zero-order valence-electron chi connectivity index (χ0n) is 16.8. The Kier molecular flexibility index (Phi) is 7.11. The summed E-state index contributed by atoms with van der Waals surface area (Å²) in [5.41, 5.74) is 0.0670. The number of carbonyl (C=O) groups excluding carboxylic acids is 1. The summed E-state index contributed by atoms with van der Waals surface area (Å²) in [4.78, 5) is 31.6. The Labute approximate surface area is 170 Å². The normalized spacial score (nSPS) is 18.7. The van der Waals surface area contributed by atoms with E-state index in [1.54, 1.807) is 6.07 Å². The molecule has 9 heteroatoms. The van der Waals surface area contributed by atoms with E-state index >= 15 is 0 Å². The van der Waals surface area contributed by atoms with Gasteiger partial charge < -0.3 is 25.3 Å². The lowest BCUT2D eigenvalue weighted by molar-refractivity contribution is 0.0746. The number of aromatic nitrogens is 1. The number of hydrogen-bond acceptors (Lipinski definition) is 5. The van der Waals surface area contributed by atoms with E-state index in [1.807, 2.05) is 32.6 Å². The van der Waals surface area contributed by atoms with Crippen LogP contribution < -0.4 is 10.2 Å². The summed E-state index contributed by atoms with van der Waals surface area (Å²) in [6, 6.07) is 1.34. The van der Waals surface area contributed by atoms with E-state index in [9.17, 15) is 19.8 Å². The molecule has 1 aromatic heterocycles. The monoisotopic (exact) mass is 412 g/mol. The molecule has 3 N–H and O–H groups in total. The molecule has 0 aromatic carbocycles. The van der Waals surface area contributed by atoms with Crippen molar-refractivity contribution in [1.82, 2.24) is 15.2 Å². The maximum absolute atomic E-state index is 12.2. The molecule has 28 heavy (non-hydrogen) atoms. The Morgan fingerprint density at radius 1 is 1.39 bits per heavy atom. The number of carboxylic acid groups (broad SMARTS) is 1. The van der Waals surface area contributed by atoms with Crippen molar-refractivity contribution in [2.75, 3.05) is 31.1 Å². The zero-order chi connectivity index (χ0) is 21.1. The number of nitrogens with one attached hydrogen (secondary N) is 1. The van der Waals surface area contributed by atoms with Crippen LogP contribution in [0.15, 0.2) is 12.3 Å². The van der Waals surface area contributed by atoms with Gasteiger partial charge in [0.25, 0.3) is 5.91 Å². The first-order chi connectivity index (χ1) is 13.0. The fraction of sp³-hybridized carbons (Fsp3) is 0.632. The van der Waals surface area contributed by atoms with Gasteiger partial charge in [0.2, 0.25) is 0 Å². The molecular formula is C19H29ClN4O4. The van der Waals surface area contributed by atoms with Crippen molar-refractivity contribution in [1.29, 1.82) is 0 Å². The number of halogens is 1. The minimum atomic E-state index is -0.931. The number of anilines is 1. The predicted molar refractivity (Wildman–Crippen MR) is 108 cm³/mol.